The number of imidazole rings is 1. The Morgan fingerprint density at radius 1 is 1.52 bits per heavy atom. The largest absolute Gasteiger partial charge is 0.475 e. The number of hydrogen-bond donors (Lipinski definition) is 1. The lowest BCUT2D eigenvalue weighted by atomic mass is 9.80. The van der Waals surface area contributed by atoms with E-state index in [1.54, 1.807) is 20.8 Å². The summed E-state index contributed by atoms with van der Waals surface area (Å²) in [6.45, 7) is 5.10. The molecule has 2 fully saturated rings. The van der Waals surface area contributed by atoms with Crippen molar-refractivity contribution in [1.82, 2.24) is 19.6 Å². The number of nitrogens with two attached hydrogens (primary N) is 1. The third-order valence-corrected chi connectivity index (χ3v) is 6.26. The van der Waals surface area contributed by atoms with Crippen LogP contribution >= 0.6 is 7.82 Å². The van der Waals surface area contributed by atoms with Crippen molar-refractivity contribution < 1.29 is 22.9 Å². The van der Waals surface area contributed by atoms with Gasteiger partial charge in [-0.2, -0.15) is 10.4 Å². The summed E-state index contributed by atoms with van der Waals surface area (Å²) in [5.74, 6) is 0.208. The predicted octanol–water partition coefficient (Wildman–Crippen LogP) is 1.62. The Labute approximate surface area is 155 Å². The number of aromatic nitrogens is 4. The fraction of sp³-hybridized carbons (Fsp3) is 0.600. The maximum atomic E-state index is 12.8. The summed E-state index contributed by atoms with van der Waals surface area (Å²) in [6, 6.07) is 2.25. The van der Waals surface area contributed by atoms with Gasteiger partial charge in [-0.1, -0.05) is 0 Å². The van der Waals surface area contributed by atoms with Crippen molar-refractivity contribution in [2.75, 3.05) is 12.3 Å². The normalized spacial score (nSPS) is 36.0. The molecule has 4 heterocycles. The minimum absolute atomic E-state index is 0.0176. The average Bonchev–Trinajstić information content (AvgIpc) is 3.15. The minimum atomic E-state index is -3.79. The van der Waals surface area contributed by atoms with Gasteiger partial charge in [0.1, 0.15) is 30.1 Å². The molecule has 27 heavy (non-hydrogen) atoms. The van der Waals surface area contributed by atoms with Crippen molar-refractivity contribution >= 4 is 19.3 Å². The van der Waals surface area contributed by atoms with E-state index in [9.17, 15) is 9.83 Å². The van der Waals surface area contributed by atoms with E-state index in [0.717, 1.165) is 0 Å². The quantitative estimate of drug-likeness (QED) is 0.762. The maximum absolute atomic E-state index is 12.8. The smallest absolute Gasteiger partial charge is 0.381 e. The molecule has 12 heteroatoms. The molecule has 4 rings (SSSR count). The van der Waals surface area contributed by atoms with Gasteiger partial charge in [0.25, 0.3) is 0 Å². The first-order chi connectivity index (χ1) is 12.8. The molecule has 2 aliphatic rings. The highest BCUT2D eigenvalue weighted by atomic mass is 31.2. The number of anilines is 1. The molecule has 0 bridgehead atoms. The molecule has 0 spiro atoms. The van der Waals surface area contributed by atoms with Gasteiger partial charge in [-0.05, 0) is 20.8 Å². The lowest BCUT2D eigenvalue weighted by Gasteiger charge is -2.34. The van der Waals surface area contributed by atoms with Crippen LogP contribution in [0.5, 0.6) is 0 Å². The van der Waals surface area contributed by atoms with Gasteiger partial charge >= 0.3 is 7.82 Å². The molecule has 2 aromatic rings. The van der Waals surface area contributed by atoms with E-state index in [1.165, 1.54) is 17.0 Å². The van der Waals surface area contributed by atoms with Crippen LogP contribution in [0.3, 0.4) is 0 Å². The molecule has 2 aliphatic heterocycles. The van der Waals surface area contributed by atoms with Crippen LogP contribution in [0.15, 0.2) is 12.5 Å². The number of ether oxygens (including phenoxy) is 1. The zero-order chi connectivity index (χ0) is 19.4. The Balaban J connectivity index is 1.73. The highest BCUT2D eigenvalue weighted by Gasteiger charge is 2.61. The zero-order valence-corrected chi connectivity index (χ0v) is 15.9. The molecule has 2 saturated heterocycles. The Morgan fingerprint density at radius 2 is 2.30 bits per heavy atom. The van der Waals surface area contributed by atoms with Crippen LogP contribution < -0.4 is 5.73 Å². The van der Waals surface area contributed by atoms with Crippen molar-refractivity contribution in [2.45, 2.75) is 45.2 Å². The molecule has 5 unspecified atom stereocenters. The van der Waals surface area contributed by atoms with Gasteiger partial charge in [0.15, 0.2) is 11.5 Å². The number of nitriles is 1. The minimum Gasteiger partial charge on any atom is -0.381 e. The number of nitrogen functional groups attached to an aromatic ring is 1. The lowest BCUT2D eigenvalue weighted by Crippen LogP contribution is -2.42. The topological polar surface area (TPSA) is 147 Å². The number of nitrogens with zero attached hydrogens (tertiary/aromatic N) is 5. The van der Waals surface area contributed by atoms with Gasteiger partial charge in [0, 0.05) is 0 Å². The second-order valence-corrected chi connectivity index (χ2v) is 8.51. The van der Waals surface area contributed by atoms with Gasteiger partial charge in [0.2, 0.25) is 0 Å². The standard InChI is InChI=1S/C15H19N6O5P/c1-8(2)25-27(22)23-5-10-12(26-27)15(3,6-16)11(24-10)9-4-18-14-13(17)19-7-20-21(9)14/h4,7-8,10-12H,5H2,1-3H3,(H2,17,19,20). The Hall–Kier alpha value is -2.09. The van der Waals surface area contributed by atoms with Crippen LogP contribution in [-0.4, -0.2) is 44.5 Å². The average molecular weight is 394 g/mol. The van der Waals surface area contributed by atoms with Crippen LogP contribution in [0.2, 0.25) is 0 Å². The van der Waals surface area contributed by atoms with Gasteiger partial charge in [0.05, 0.1) is 30.7 Å². The third-order valence-electron chi connectivity index (χ3n) is 4.63. The van der Waals surface area contributed by atoms with Crippen molar-refractivity contribution in [3.05, 3.63) is 18.2 Å². The first-order valence-corrected chi connectivity index (χ1v) is 9.85. The van der Waals surface area contributed by atoms with E-state index in [-0.39, 0.29) is 18.5 Å². The van der Waals surface area contributed by atoms with E-state index >= 15 is 0 Å². The van der Waals surface area contributed by atoms with Crippen molar-refractivity contribution in [3.8, 4) is 6.07 Å². The molecule has 0 aliphatic carbocycles. The van der Waals surface area contributed by atoms with Crippen LogP contribution in [0, 0.1) is 16.7 Å². The van der Waals surface area contributed by atoms with E-state index in [1.807, 2.05) is 0 Å². The first kappa shape index (κ1) is 18.3. The summed E-state index contributed by atoms with van der Waals surface area (Å²) in [7, 11) is -3.79. The molecular weight excluding hydrogens is 375 g/mol. The molecule has 2 aromatic heterocycles. The summed E-state index contributed by atoms with van der Waals surface area (Å²) < 4.78 is 36.6. The van der Waals surface area contributed by atoms with E-state index in [2.05, 4.69) is 21.1 Å². The summed E-state index contributed by atoms with van der Waals surface area (Å²) >= 11 is 0. The number of fused-ring (bicyclic) bond motifs is 2. The fourth-order valence-corrected chi connectivity index (χ4v) is 5.06. The molecular formula is C15H19N6O5P. The summed E-state index contributed by atoms with van der Waals surface area (Å²) in [4.78, 5) is 8.12. The van der Waals surface area contributed by atoms with Gasteiger partial charge < -0.3 is 10.5 Å². The number of phosphoric acid groups is 1. The van der Waals surface area contributed by atoms with E-state index < -0.39 is 31.5 Å². The van der Waals surface area contributed by atoms with Crippen LogP contribution in [0.1, 0.15) is 32.6 Å². The molecule has 0 radical (unpaired) electrons. The molecule has 2 N–H and O–H groups in total. The van der Waals surface area contributed by atoms with Crippen LogP contribution in [0.25, 0.3) is 5.65 Å². The van der Waals surface area contributed by atoms with Gasteiger partial charge in [-0.25, -0.2) is 19.0 Å². The van der Waals surface area contributed by atoms with Crippen molar-refractivity contribution in [1.29, 1.82) is 5.26 Å². The van der Waals surface area contributed by atoms with Gasteiger partial charge in [-0.3, -0.25) is 13.6 Å². The zero-order valence-electron chi connectivity index (χ0n) is 15.0. The highest BCUT2D eigenvalue weighted by molar-refractivity contribution is 7.48. The van der Waals surface area contributed by atoms with E-state index in [0.29, 0.717) is 11.3 Å². The van der Waals surface area contributed by atoms with Crippen LogP contribution in [-0.2, 0) is 22.9 Å². The lowest BCUT2D eigenvalue weighted by molar-refractivity contribution is -0.0640. The highest BCUT2D eigenvalue weighted by Crippen LogP contribution is 2.62. The summed E-state index contributed by atoms with van der Waals surface area (Å²) in [6.07, 6.45) is 0.304. The molecule has 144 valence electrons. The number of phosphoric ester groups is 1. The van der Waals surface area contributed by atoms with Gasteiger partial charge in [-0.15, -0.1) is 0 Å². The third kappa shape index (κ3) is 2.81. The maximum Gasteiger partial charge on any atom is 0.475 e. The first-order valence-electron chi connectivity index (χ1n) is 8.39. The summed E-state index contributed by atoms with van der Waals surface area (Å²) in [5.41, 5.74) is 5.52. The monoisotopic (exact) mass is 394 g/mol. The Bertz CT molecular complexity index is 973. The molecule has 11 nitrogen and oxygen atoms in total. The molecule has 0 amide bonds. The van der Waals surface area contributed by atoms with Crippen molar-refractivity contribution in [3.63, 3.8) is 0 Å². The number of rotatable bonds is 3. The van der Waals surface area contributed by atoms with E-state index in [4.69, 9.17) is 24.0 Å². The second kappa shape index (κ2) is 6.22. The van der Waals surface area contributed by atoms with Crippen LogP contribution in [0.4, 0.5) is 5.82 Å². The fourth-order valence-electron chi connectivity index (χ4n) is 3.40. The number of hydrogen-bond acceptors (Lipinski definition) is 10. The Kier molecular flexibility index (Phi) is 4.21. The SMILES string of the molecule is CC(C)OP1(=O)OCC2OC(c3cnc4c(N)ncnn34)C(C)(C#N)C2O1. The molecule has 5 atom stereocenters. The molecule has 0 saturated carbocycles. The van der Waals surface area contributed by atoms with Crippen molar-refractivity contribution in [2.24, 2.45) is 5.41 Å². The Morgan fingerprint density at radius 3 is 3.00 bits per heavy atom. The predicted molar refractivity (Wildman–Crippen MR) is 91.2 cm³/mol. The second-order valence-electron chi connectivity index (χ2n) is 6.94. The summed E-state index contributed by atoms with van der Waals surface area (Å²) in [5, 5.41) is 14.1. The molecule has 0 aromatic carbocycles.